The molecule has 7 heteroatoms. The molecule has 2 atom stereocenters. The summed E-state index contributed by atoms with van der Waals surface area (Å²) in [5.41, 5.74) is 3.70. The predicted octanol–water partition coefficient (Wildman–Crippen LogP) is 3.07. The number of nitrogens with zero attached hydrogens (tertiary/aromatic N) is 3. The molecule has 7 nitrogen and oxygen atoms in total. The number of nitrogens with one attached hydrogen (secondary N) is 1. The summed E-state index contributed by atoms with van der Waals surface area (Å²) in [6.07, 6.45) is 7.89. The number of aliphatic hydroxyl groups is 1. The summed E-state index contributed by atoms with van der Waals surface area (Å²) in [6.45, 7) is 6.39. The summed E-state index contributed by atoms with van der Waals surface area (Å²) in [5, 5.41) is 13.3. The molecule has 0 aliphatic rings. The summed E-state index contributed by atoms with van der Waals surface area (Å²) in [7, 11) is 1.58. The minimum Gasteiger partial charge on any atom is -0.481 e. The normalized spacial score (nSPS) is 13.0. The van der Waals surface area contributed by atoms with E-state index in [4.69, 9.17) is 4.74 Å². The number of aromatic nitrogens is 3. The number of aryl methyl sites for hydroxylation is 1. The van der Waals surface area contributed by atoms with Crippen LogP contribution in [0.3, 0.4) is 0 Å². The molecule has 3 aromatic rings. The number of amides is 1. The van der Waals surface area contributed by atoms with Crippen molar-refractivity contribution in [3.8, 4) is 5.88 Å². The Morgan fingerprint density at radius 2 is 2.17 bits per heavy atom. The Balaban J connectivity index is 1.95. The highest BCUT2D eigenvalue weighted by atomic mass is 16.5. The van der Waals surface area contributed by atoms with E-state index in [0.717, 1.165) is 23.1 Å². The minimum absolute atomic E-state index is 0.246. The van der Waals surface area contributed by atoms with Crippen molar-refractivity contribution in [1.82, 2.24) is 19.9 Å². The molecule has 0 saturated carbocycles. The first-order chi connectivity index (χ1) is 14.5. The van der Waals surface area contributed by atoms with Crippen LogP contribution in [0.25, 0.3) is 11.0 Å². The molecule has 0 unspecified atom stereocenters. The van der Waals surface area contributed by atoms with Gasteiger partial charge in [-0.2, -0.15) is 4.98 Å². The number of aliphatic hydroxyl groups excluding tert-OH is 1. The van der Waals surface area contributed by atoms with Gasteiger partial charge < -0.3 is 19.7 Å². The summed E-state index contributed by atoms with van der Waals surface area (Å²) in [4.78, 5) is 21.7. The van der Waals surface area contributed by atoms with Crippen molar-refractivity contribution in [3.63, 3.8) is 0 Å². The zero-order chi connectivity index (χ0) is 21.7. The van der Waals surface area contributed by atoms with Gasteiger partial charge >= 0.3 is 0 Å². The lowest BCUT2D eigenvalue weighted by atomic mass is 10.0. The Bertz CT molecular complexity index is 998. The highest BCUT2D eigenvalue weighted by molar-refractivity contribution is 6.06. The van der Waals surface area contributed by atoms with Gasteiger partial charge in [0.15, 0.2) is 0 Å². The van der Waals surface area contributed by atoms with E-state index in [1.165, 1.54) is 0 Å². The van der Waals surface area contributed by atoms with Crippen molar-refractivity contribution < 1.29 is 14.6 Å². The molecule has 2 N–H and O–H groups in total. The SMILES string of the molecule is CCC[C@H](NC(=O)c1cn(Cc2ccc(OC)nc2)c2c(C)c#cnc12)[C@@H](O)CC. The second-order valence-corrected chi connectivity index (χ2v) is 7.39. The fraction of sp³-hybridized carbons (Fsp3) is 0.435. The van der Waals surface area contributed by atoms with Crippen LogP contribution in [0.2, 0.25) is 0 Å². The Hall–Kier alpha value is -3.11. The van der Waals surface area contributed by atoms with Crippen LogP contribution in [0.5, 0.6) is 5.88 Å². The van der Waals surface area contributed by atoms with Gasteiger partial charge in [0.05, 0.1) is 30.3 Å². The van der Waals surface area contributed by atoms with Gasteiger partial charge in [-0.3, -0.25) is 4.79 Å². The van der Waals surface area contributed by atoms with Gasteiger partial charge in [0.1, 0.15) is 5.52 Å². The molecular formula is C23H28N4O3. The van der Waals surface area contributed by atoms with E-state index in [1.807, 2.05) is 31.4 Å². The third-order valence-electron chi connectivity index (χ3n) is 5.22. The lowest BCUT2D eigenvalue weighted by Crippen LogP contribution is -2.43. The highest BCUT2D eigenvalue weighted by Crippen LogP contribution is 2.23. The Morgan fingerprint density at radius 3 is 2.80 bits per heavy atom. The topological polar surface area (TPSA) is 89.3 Å². The van der Waals surface area contributed by atoms with Gasteiger partial charge in [-0.1, -0.05) is 26.3 Å². The first kappa shape index (κ1) is 21.6. The molecule has 0 aliphatic heterocycles. The standard InChI is InChI=1S/C23H28N4O3/c1-5-7-18(19(28)6-2)26-23(29)17-14-27(22-15(3)10-11-24-21(17)22)13-16-8-9-20(30-4)25-12-16/h8-9,12,14,18-19,28H,5-7,13H2,1-4H3,(H,26,29)/t18-,19-/m0/s1. The van der Waals surface area contributed by atoms with Crippen LogP contribution in [0, 0.1) is 19.2 Å². The molecule has 0 fully saturated rings. The molecule has 0 saturated heterocycles. The van der Waals surface area contributed by atoms with Crippen LogP contribution in [0.4, 0.5) is 0 Å². The van der Waals surface area contributed by atoms with E-state index in [1.54, 1.807) is 25.6 Å². The molecule has 1 amide bonds. The molecule has 0 radical (unpaired) electrons. The molecule has 158 valence electrons. The fourth-order valence-corrected chi connectivity index (χ4v) is 3.59. The molecular weight excluding hydrogens is 380 g/mol. The van der Waals surface area contributed by atoms with Crippen LogP contribution in [0.15, 0.2) is 24.5 Å². The van der Waals surface area contributed by atoms with Crippen LogP contribution in [-0.2, 0) is 6.54 Å². The number of hydrogen-bond donors (Lipinski definition) is 2. The minimum atomic E-state index is -0.581. The van der Waals surface area contributed by atoms with Gasteiger partial charge in [-0.15, -0.1) is 0 Å². The molecule has 3 aromatic heterocycles. The summed E-state index contributed by atoms with van der Waals surface area (Å²) >= 11 is 0. The Labute approximate surface area is 177 Å². The van der Waals surface area contributed by atoms with Gasteiger partial charge in [0.25, 0.3) is 5.91 Å². The van der Waals surface area contributed by atoms with Crippen molar-refractivity contribution in [3.05, 3.63) is 53.5 Å². The van der Waals surface area contributed by atoms with Gasteiger partial charge in [0.2, 0.25) is 5.88 Å². The van der Waals surface area contributed by atoms with E-state index < -0.39 is 6.10 Å². The summed E-state index contributed by atoms with van der Waals surface area (Å²) in [6, 6.07) is 6.45. The number of ether oxygens (including phenoxy) is 1. The average Bonchev–Trinajstić information content (AvgIpc) is 3.13. The van der Waals surface area contributed by atoms with Crippen molar-refractivity contribution >= 4 is 16.9 Å². The fourth-order valence-electron chi connectivity index (χ4n) is 3.59. The van der Waals surface area contributed by atoms with E-state index in [-0.39, 0.29) is 11.9 Å². The van der Waals surface area contributed by atoms with Gasteiger partial charge in [-0.25, -0.2) is 4.98 Å². The second-order valence-electron chi connectivity index (χ2n) is 7.39. The lowest BCUT2D eigenvalue weighted by Gasteiger charge is -2.22. The van der Waals surface area contributed by atoms with Crippen molar-refractivity contribution in [1.29, 1.82) is 0 Å². The zero-order valence-corrected chi connectivity index (χ0v) is 17.9. The smallest absolute Gasteiger partial charge is 0.255 e. The summed E-state index contributed by atoms with van der Waals surface area (Å²) in [5.74, 6) is 0.303. The highest BCUT2D eigenvalue weighted by Gasteiger charge is 2.23. The molecule has 0 spiro atoms. The number of pyridine rings is 1. The maximum Gasteiger partial charge on any atom is 0.255 e. The maximum absolute atomic E-state index is 13.1. The molecule has 3 rings (SSSR count). The third kappa shape index (κ3) is 4.55. The number of methoxy groups -OCH3 is 1. The van der Waals surface area contributed by atoms with Crippen molar-refractivity contribution in [2.75, 3.05) is 7.11 Å². The van der Waals surface area contributed by atoms with Crippen molar-refractivity contribution in [2.24, 2.45) is 0 Å². The zero-order valence-electron chi connectivity index (χ0n) is 17.9. The molecule has 30 heavy (non-hydrogen) atoms. The Morgan fingerprint density at radius 1 is 1.37 bits per heavy atom. The van der Waals surface area contributed by atoms with Crippen molar-refractivity contribution in [2.45, 2.75) is 58.7 Å². The van der Waals surface area contributed by atoms with Crippen LogP contribution in [-0.4, -0.2) is 44.8 Å². The number of hydrogen-bond acceptors (Lipinski definition) is 5. The second kappa shape index (κ2) is 9.59. The number of carbonyl (C=O) groups excluding carboxylic acids is 1. The number of rotatable bonds is 9. The Kier molecular flexibility index (Phi) is 6.91. The van der Waals surface area contributed by atoms with Crippen LogP contribution < -0.4 is 10.1 Å². The van der Waals surface area contributed by atoms with E-state index >= 15 is 0 Å². The van der Waals surface area contributed by atoms with Crippen LogP contribution in [0.1, 0.15) is 54.6 Å². The number of fused-ring (bicyclic) bond motifs is 1. The van der Waals surface area contributed by atoms with Gasteiger partial charge in [-0.05, 0) is 31.4 Å². The molecule has 3 heterocycles. The van der Waals surface area contributed by atoms with E-state index in [0.29, 0.717) is 36.3 Å². The van der Waals surface area contributed by atoms with Crippen LogP contribution >= 0.6 is 0 Å². The molecule has 0 aromatic carbocycles. The first-order valence-corrected chi connectivity index (χ1v) is 10.2. The largest absolute Gasteiger partial charge is 0.481 e. The third-order valence-corrected chi connectivity index (χ3v) is 5.22. The average molecular weight is 409 g/mol. The number of carbonyl (C=O) groups is 1. The first-order valence-electron chi connectivity index (χ1n) is 10.2. The van der Waals surface area contributed by atoms with E-state index in [2.05, 4.69) is 27.5 Å². The monoisotopic (exact) mass is 408 g/mol. The lowest BCUT2D eigenvalue weighted by molar-refractivity contribution is 0.0813. The maximum atomic E-state index is 13.1. The molecule has 0 aliphatic carbocycles. The van der Waals surface area contributed by atoms with Gasteiger partial charge in [0, 0.05) is 36.8 Å². The molecule has 0 bridgehead atoms. The quantitative estimate of drug-likeness (QED) is 0.568. The van der Waals surface area contributed by atoms with E-state index in [9.17, 15) is 9.90 Å². The predicted molar refractivity (Wildman–Crippen MR) is 114 cm³/mol. The summed E-state index contributed by atoms with van der Waals surface area (Å²) < 4.78 is 7.10.